The lowest BCUT2D eigenvalue weighted by molar-refractivity contribution is -0.133. The van der Waals surface area contributed by atoms with E-state index in [1.54, 1.807) is 0 Å². The lowest BCUT2D eigenvalue weighted by atomic mass is 9.95. The molecule has 8 heteroatoms. The fraction of sp³-hybridized carbons (Fsp3) is 0.241. The molecule has 7 nitrogen and oxygen atoms in total. The molecule has 1 aliphatic rings. The van der Waals surface area contributed by atoms with Crippen LogP contribution >= 0.6 is 11.6 Å². The number of rotatable bonds is 5. The number of para-hydroxylation sites is 1. The number of hydrogen-bond donors (Lipinski definition) is 0. The van der Waals surface area contributed by atoms with Gasteiger partial charge in [0.05, 0.1) is 16.5 Å². The number of anilines is 1. The Morgan fingerprint density at radius 2 is 1.59 bits per heavy atom. The van der Waals surface area contributed by atoms with E-state index in [9.17, 15) is 4.79 Å². The Kier molecular flexibility index (Phi) is 6.22. The van der Waals surface area contributed by atoms with Crippen molar-refractivity contribution in [1.29, 1.82) is 0 Å². The summed E-state index contributed by atoms with van der Waals surface area (Å²) in [6.07, 6.45) is 0.776. The SMILES string of the molecule is CC[C@H](C(=O)N1CCN(c2nc3ccccc3c3nnc(-c4ccccc4Cl)n23)CC1)c1ccccc1. The van der Waals surface area contributed by atoms with E-state index in [2.05, 4.69) is 22.0 Å². The van der Waals surface area contributed by atoms with Gasteiger partial charge in [0, 0.05) is 37.1 Å². The van der Waals surface area contributed by atoms with E-state index in [4.69, 9.17) is 16.6 Å². The van der Waals surface area contributed by atoms with Crippen molar-refractivity contribution in [3.8, 4) is 11.4 Å². The first-order chi connectivity index (χ1) is 18.2. The number of fused-ring (bicyclic) bond motifs is 3. The lowest BCUT2D eigenvalue weighted by Gasteiger charge is -2.37. The molecular formula is C29H27ClN6O. The van der Waals surface area contributed by atoms with Gasteiger partial charge in [-0.2, -0.15) is 0 Å². The largest absolute Gasteiger partial charge is 0.339 e. The molecule has 0 radical (unpaired) electrons. The number of amides is 1. The molecule has 2 aromatic heterocycles. The standard InChI is InChI=1S/C29H27ClN6O/c1-2-21(20-10-4-3-5-11-20)28(37)34-16-18-35(19-17-34)29-31-25-15-9-7-13-23(25)27-33-32-26(36(27)29)22-12-6-8-14-24(22)30/h3-15,21H,2,16-19H2,1H3/t21-/m0/s1. The Morgan fingerprint density at radius 3 is 2.35 bits per heavy atom. The number of benzene rings is 3. The van der Waals surface area contributed by atoms with Gasteiger partial charge in [0.1, 0.15) is 0 Å². The zero-order valence-electron chi connectivity index (χ0n) is 20.6. The molecule has 1 aliphatic heterocycles. The first-order valence-corrected chi connectivity index (χ1v) is 13.0. The summed E-state index contributed by atoms with van der Waals surface area (Å²) in [6.45, 7) is 4.66. The average molecular weight is 511 g/mol. The summed E-state index contributed by atoms with van der Waals surface area (Å²) in [5.74, 6) is 1.48. The third kappa shape index (κ3) is 4.19. The third-order valence-electron chi connectivity index (χ3n) is 7.13. The zero-order valence-corrected chi connectivity index (χ0v) is 21.3. The highest BCUT2D eigenvalue weighted by Gasteiger charge is 2.29. The van der Waals surface area contributed by atoms with Gasteiger partial charge in [-0.3, -0.25) is 4.79 Å². The Morgan fingerprint density at radius 1 is 0.892 bits per heavy atom. The van der Waals surface area contributed by atoms with E-state index in [1.807, 2.05) is 88.2 Å². The zero-order chi connectivity index (χ0) is 25.4. The van der Waals surface area contributed by atoms with E-state index in [0.717, 1.165) is 40.0 Å². The minimum absolute atomic E-state index is 0.122. The second-order valence-corrected chi connectivity index (χ2v) is 9.68. The topological polar surface area (TPSA) is 66.6 Å². The minimum atomic E-state index is -0.122. The molecule has 37 heavy (non-hydrogen) atoms. The van der Waals surface area contributed by atoms with Crippen molar-refractivity contribution in [3.63, 3.8) is 0 Å². The van der Waals surface area contributed by atoms with E-state index >= 15 is 0 Å². The maximum atomic E-state index is 13.4. The number of carbonyl (C=O) groups is 1. The normalized spacial score (nSPS) is 14.9. The fourth-order valence-electron chi connectivity index (χ4n) is 5.18. The van der Waals surface area contributed by atoms with Gasteiger partial charge in [0.15, 0.2) is 11.5 Å². The highest BCUT2D eigenvalue weighted by molar-refractivity contribution is 6.33. The summed E-state index contributed by atoms with van der Waals surface area (Å²) >= 11 is 6.56. The van der Waals surface area contributed by atoms with Crippen molar-refractivity contribution in [2.24, 2.45) is 0 Å². The van der Waals surface area contributed by atoms with Crippen molar-refractivity contribution in [2.45, 2.75) is 19.3 Å². The molecule has 0 saturated carbocycles. The van der Waals surface area contributed by atoms with Crippen molar-refractivity contribution in [1.82, 2.24) is 24.5 Å². The van der Waals surface area contributed by atoms with Crippen molar-refractivity contribution < 1.29 is 4.79 Å². The highest BCUT2D eigenvalue weighted by Crippen LogP contribution is 2.32. The molecule has 186 valence electrons. The highest BCUT2D eigenvalue weighted by atomic mass is 35.5. The van der Waals surface area contributed by atoms with Gasteiger partial charge in [-0.05, 0) is 36.2 Å². The molecule has 0 unspecified atom stereocenters. The third-order valence-corrected chi connectivity index (χ3v) is 7.46. The average Bonchev–Trinajstić information content (AvgIpc) is 3.39. The summed E-state index contributed by atoms with van der Waals surface area (Å²) in [5.41, 5.74) is 3.47. The summed E-state index contributed by atoms with van der Waals surface area (Å²) in [6, 6.07) is 25.7. The first-order valence-electron chi connectivity index (χ1n) is 12.6. The van der Waals surface area contributed by atoms with E-state index < -0.39 is 0 Å². The van der Waals surface area contributed by atoms with Crippen LogP contribution in [0.25, 0.3) is 27.9 Å². The molecule has 3 aromatic carbocycles. The molecule has 0 bridgehead atoms. The maximum absolute atomic E-state index is 13.4. The van der Waals surface area contributed by atoms with Crippen LogP contribution < -0.4 is 4.90 Å². The number of carbonyl (C=O) groups excluding carboxylic acids is 1. The molecule has 0 aliphatic carbocycles. The Bertz CT molecular complexity index is 1580. The van der Waals surface area contributed by atoms with Gasteiger partial charge in [-0.15, -0.1) is 10.2 Å². The number of aromatic nitrogens is 4. The molecule has 0 spiro atoms. The quantitative estimate of drug-likeness (QED) is 0.315. The molecule has 6 rings (SSSR count). The van der Waals surface area contributed by atoms with Gasteiger partial charge >= 0.3 is 0 Å². The van der Waals surface area contributed by atoms with Crippen LogP contribution in [0.3, 0.4) is 0 Å². The van der Waals surface area contributed by atoms with E-state index in [1.165, 1.54) is 0 Å². The molecule has 1 atom stereocenters. The van der Waals surface area contributed by atoms with Gasteiger partial charge in [0.2, 0.25) is 11.9 Å². The van der Waals surface area contributed by atoms with Crippen LogP contribution in [-0.4, -0.2) is 56.6 Å². The van der Waals surface area contributed by atoms with Gasteiger partial charge in [-0.1, -0.05) is 73.1 Å². The molecular weight excluding hydrogens is 484 g/mol. The van der Waals surface area contributed by atoms with Gasteiger partial charge < -0.3 is 9.80 Å². The van der Waals surface area contributed by atoms with Gasteiger partial charge in [0.25, 0.3) is 0 Å². The molecule has 0 N–H and O–H groups in total. The number of nitrogens with zero attached hydrogens (tertiary/aromatic N) is 6. The monoisotopic (exact) mass is 510 g/mol. The first kappa shape index (κ1) is 23.4. The second kappa shape index (κ2) is 9.82. The van der Waals surface area contributed by atoms with Crippen LogP contribution in [0.2, 0.25) is 5.02 Å². The molecule has 1 amide bonds. The minimum Gasteiger partial charge on any atom is -0.339 e. The Labute approximate surface area is 220 Å². The van der Waals surface area contributed by atoms with Crippen molar-refractivity contribution in [3.05, 3.63) is 89.4 Å². The summed E-state index contributed by atoms with van der Waals surface area (Å²) < 4.78 is 2.00. The summed E-state index contributed by atoms with van der Waals surface area (Å²) in [7, 11) is 0. The Balaban J connectivity index is 1.35. The van der Waals surface area contributed by atoms with Crippen molar-refractivity contribution >= 4 is 40.0 Å². The van der Waals surface area contributed by atoms with Crippen LogP contribution in [0.5, 0.6) is 0 Å². The number of piperazine rings is 1. The second-order valence-electron chi connectivity index (χ2n) is 9.28. The molecule has 1 fully saturated rings. The summed E-state index contributed by atoms with van der Waals surface area (Å²) in [4.78, 5) is 22.7. The van der Waals surface area contributed by atoms with Crippen LogP contribution in [0, 0.1) is 0 Å². The van der Waals surface area contributed by atoms with E-state index in [-0.39, 0.29) is 11.8 Å². The van der Waals surface area contributed by atoms with Gasteiger partial charge in [-0.25, -0.2) is 9.38 Å². The van der Waals surface area contributed by atoms with E-state index in [0.29, 0.717) is 37.0 Å². The van der Waals surface area contributed by atoms with Crippen LogP contribution in [0.1, 0.15) is 24.8 Å². The Hall–Kier alpha value is -3.97. The summed E-state index contributed by atoms with van der Waals surface area (Å²) in [5, 5.41) is 10.6. The molecule has 5 aromatic rings. The van der Waals surface area contributed by atoms with Crippen LogP contribution in [0.15, 0.2) is 78.9 Å². The molecule has 1 saturated heterocycles. The van der Waals surface area contributed by atoms with Crippen LogP contribution in [-0.2, 0) is 4.79 Å². The fourth-order valence-corrected chi connectivity index (χ4v) is 5.40. The smallest absolute Gasteiger partial charge is 0.230 e. The molecule has 3 heterocycles. The lowest BCUT2D eigenvalue weighted by Crippen LogP contribution is -2.50. The van der Waals surface area contributed by atoms with Crippen molar-refractivity contribution in [2.75, 3.05) is 31.1 Å². The number of halogens is 1. The predicted molar refractivity (Wildman–Crippen MR) is 147 cm³/mol. The van der Waals surface area contributed by atoms with Crippen LogP contribution in [0.4, 0.5) is 5.95 Å². The maximum Gasteiger partial charge on any atom is 0.230 e. The number of hydrogen-bond acceptors (Lipinski definition) is 5. The predicted octanol–water partition coefficient (Wildman–Crippen LogP) is 5.44.